The summed E-state index contributed by atoms with van der Waals surface area (Å²) in [6.07, 6.45) is 1.09. The van der Waals surface area contributed by atoms with Crippen molar-refractivity contribution in [3.63, 3.8) is 0 Å². The monoisotopic (exact) mass is 294 g/mol. The van der Waals surface area contributed by atoms with Gasteiger partial charge in [-0.25, -0.2) is 4.98 Å². The topological polar surface area (TPSA) is 81.4 Å². The molecule has 0 bridgehead atoms. The first-order chi connectivity index (χ1) is 9.52. The fourth-order valence-corrected chi connectivity index (χ4v) is 1.78. The molecule has 0 atom stereocenters. The maximum Gasteiger partial charge on any atom is 0.330 e. The number of halogens is 1. The molecule has 0 unspecified atom stereocenters. The lowest BCUT2D eigenvalue weighted by molar-refractivity contribution is -0.384. The van der Waals surface area contributed by atoms with Gasteiger partial charge in [-0.05, 0) is 35.9 Å². The molecule has 2 aromatic rings. The summed E-state index contributed by atoms with van der Waals surface area (Å²) in [6, 6.07) is 7.03. The molecule has 0 amide bonds. The lowest BCUT2D eigenvalue weighted by Gasteiger charge is -2.18. The molecule has 0 radical (unpaired) electrons. The van der Waals surface area contributed by atoms with Crippen LogP contribution in [0.2, 0.25) is 5.28 Å². The van der Waals surface area contributed by atoms with Gasteiger partial charge in [-0.15, -0.1) is 0 Å². The highest BCUT2D eigenvalue weighted by Gasteiger charge is 2.21. The second kappa shape index (κ2) is 5.70. The summed E-state index contributed by atoms with van der Waals surface area (Å²) in [5.74, 6) is 0.817. The number of aromatic nitrogens is 2. The SMILES string of the molecule is COc1ccc(N(C)c2nc(Cl)ncc2[N+](=O)[O-])cc1. The average Bonchev–Trinajstić information content (AvgIpc) is 2.46. The van der Waals surface area contributed by atoms with Crippen molar-refractivity contribution in [2.75, 3.05) is 19.1 Å². The third-order valence-electron chi connectivity index (χ3n) is 2.69. The number of nitro groups is 1. The third kappa shape index (κ3) is 2.77. The quantitative estimate of drug-likeness (QED) is 0.490. The van der Waals surface area contributed by atoms with Gasteiger partial charge in [0, 0.05) is 12.7 Å². The van der Waals surface area contributed by atoms with Crippen molar-refractivity contribution in [2.24, 2.45) is 0 Å². The van der Waals surface area contributed by atoms with E-state index >= 15 is 0 Å². The number of benzene rings is 1. The van der Waals surface area contributed by atoms with E-state index < -0.39 is 4.92 Å². The minimum atomic E-state index is -0.550. The number of anilines is 2. The van der Waals surface area contributed by atoms with E-state index in [4.69, 9.17) is 16.3 Å². The molecule has 0 saturated heterocycles. The molecule has 0 saturated carbocycles. The molecule has 0 N–H and O–H groups in total. The first-order valence-corrected chi connectivity index (χ1v) is 5.95. The fourth-order valence-electron chi connectivity index (χ4n) is 1.65. The Kier molecular flexibility index (Phi) is 3.99. The van der Waals surface area contributed by atoms with Gasteiger partial charge in [0.1, 0.15) is 11.9 Å². The van der Waals surface area contributed by atoms with Crippen LogP contribution in [0, 0.1) is 10.1 Å². The van der Waals surface area contributed by atoms with Gasteiger partial charge < -0.3 is 9.64 Å². The Morgan fingerprint density at radius 3 is 2.55 bits per heavy atom. The number of rotatable bonds is 4. The maximum absolute atomic E-state index is 11.0. The minimum absolute atomic E-state index is 0.0500. The Morgan fingerprint density at radius 1 is 1.35 bits per heavy atom. The molecule has 104 valence electrons. The van der Waals surface area contributed by atoms with Crippen molar-refractivity contribution < 1.29 is 9.66 Å². The Hall–Kier alpha value is -2.41. The van der Waals surface area contributed by atoms with Gasteiger partial charge >= 0.3 is 5.69 Å². The summed E-state index contributed by atoms with van der Waals surface area (Å²) >= 11 is 5.71. The molecule has 8 heteroatoms. The third-order valence-corrected chi connectivity index (χ3v) is 2.88. The van der Waals surface area contributed by atoms with Crippen LogP contribution in [0.3, 0.4) is 0 Å². The number of hydrogen-bond donors (Lipinski definition) is 0. The van der Waals surface area contributed by atoms with Crippen LogP contribution in [0.25, 0.3) is 0 Å². The zero-order valence-electron chi connectivity index (χ0n) is 10.8. The Bertz CT molecular complexity index is 633. The van der Waals surface area contributed by atoms with Gasteiger partial charge in [0.2, 0.25) is 11.1 Å². The molecule has 0 aliphatic heterocycles. The van der Waals surface area contributed by atoms with Crippen LogP contribution in [0.4, 0.5) is 17.2 Å². The zero-order chi connectivity index (χ0) is 14.7. The fraction of sp³-hybridized carbons (Fsp3) is 0.167. The summed E-state index contributed by atoms with van der Waals surface area (Å²) in [7, 11) is 3.22. The lowest BCUT2D eigenvalue weighted by Crippen LogP contribution is -2.13. The van der Waals surface area contributed by atoms with Crippen molar-refractivity contribution in [2.45, 2.75) is 0 Å². The van der Waals surface area contributed by atoms with Gasteiger partial charge in [0.25, 0.3) is 0 Å². The first-order valence-electron chi connectivity index (χ1n) is 5.57. The molecule has 0 fully saturated rings. The molecule has 1 aromatic carbocycles. The molecule has 7 nitrogen and oxygen atoms in total. The second-order valence-electron chi connectivity index (χ2n) is 3.86. The van der Waals surface area contributed by atoms with E-state index in [-0.39, 0.29) is 16.8 Å². The maximum atomic E-state index is 11.0. The molecule has 2 rings (SSSR count). The molecular weight excluding hydrogens is 284 g/mol. The van der Waals surface area contributed by atoms with Crippen LogP contribution in [0.1, 0.15) is 0 Å². The predicted octanol–water partition coefficient (Wildman–Crippen LogP) is 2.81. The lowest BCUT2D eigenvalue weighted by atomic mass is 10.2. The average molecular weight is 295 g/mol. The Morgan fingerprint density at radius 2 is 2.00 bits per heavy atom. The summed E-state index contributed by atoms with van der Waals surface area (Å²) in [5.41, 5.74) is 0.497. The van der Waals surface area contributed by atoms with Crippen molar-refractivity contribution in [3.8, 4) is 5.75 Å². The Balaban J connectivity index is 2.43. The van der Waals surface area contributed by atoms with Crippen LogP contribution in [-0.2, 0) is 0 Å². The summed E-state index contributed by atoms with van der Waals surface area (Å²) in [4.78, 5) is 19.6. The van der Waals surface area contributed by atoms with Gasteiger partial charge in [-0.1, -0.05) is 0 Å². The smallest absolute Gasteiger partial charge is 0.330 e. The number of nitrogens with zero attached hydrogens (tertiary/aromatic N) is 4. The van der Waals surface area contributed by atoms with Crippen molar-refractivity contribution in [1.82, 2.24) is 9.97 Å². The number of hydrogen-bond acceptors (Lipinski definition) is 6. The number of methoxy groups -OCH3 is 1. The van der Waals surface area contributed by atoms with Crippen molar-refractivity contribution >= 4 is 28.8 Å². The van der Waals surface area contributed by atoms with E-state index in [9.17, 15) is 10.1 Å². The zero-order valence-corrected chi connectivity index (χ0v) is 11.5. The largest absolute Gasteiger partial charge is 0.497 e. The van der Waals surface area contributed by atoms with Crippen LogP contribution < -0.4 is 9.64 Å². The summed E-state index contributed by atoms with van der Waals surface area (Å²) in [6.45, 7) is 0. The minimum Gasteiger partial charge on any atom is -0.497 e. The van der Waals surface area contributed by atoms with E-state index in [1.54, 1.807) is 43.3 Å². The molecule has 0 aliphatic rings. The Labute approximate surface area is 119 Å². The normalized spacial score (nSPS) is 10.2. The first kappa shape index (κ1) is 14.0. The van der Waals surface area contributed by atoms with Crippen molar-refractivity contribution in [3.05, 3.63) is 45.9 Å². The van der Waals surface area contributed by atoms with Crippen LogP contribution in [0.5, 0.6) is 5.75 Å². The van der Waals surface area contributed by atoms with E-state index in [1.165, 1.54) is 0 Å². The summed E-state index contributed by atoms with van der Waals surface area (Å²) < 4.78 is 5.06. The van der Waals surface area contributed by atoms with Crippen LogP contribution >= 0.6 is 11.6 Å². The second-order valence-corrected chi connectivity index (χ2v) is 4.20. The highest BCUT2D eigenvalue weighted by molar-refractivity contribution is 6.28. The van der Waals surface area contributed by atoms with Crippen LogP contribution in [-0.4, -0.2) is 29.0 Å². The predicted molar refractivity (Wildman–Crippen MR) is 74.8 cm³/mol. The van der Waals surface area contributed by atoms with Crippen LogP contribution in [0.15, 0.2) is 30.5 Å². The molecule has 1 heterocycles. The van der Waals surface area contributed by atoms with Gasteiger partial charge in [0.15, 0.2) is 0 Å². The van der Waals surface area contributed by atoms with Gasteiger partial charge in [-0.3, -0.25) is 10.1 Å². The molecule has 1 aromatic heterocycles. The van der Waals surface area contributed by atoms with Crippen molar-refractivity contribution in [1.29, 1.82) is 0 Å². The molecule has 0 aliphatic carbocycles. The van der Waals surface area contributed by atoms with E-state index in [0.717, 1.165) is 6.20 Å². The highest BCUT2D eigenvalue weighted by Crippen LogP contribution is 2.31. The van der Waals surface area contributed by atoms with E-state index in [0.29, 0.717) is 11.4 Å². The molecule has 20 heavy (non-hydrogen) atoms. The van der Waals surface area contributed by atoms with E-state index in [2.05, 4.69) is 9.97 Å². The number of ether oxygens (including phenoxy) is 1. The standard InChI is InChI=1S/C12H11ClN4O3/c1-16(8-3-5-9(20-2)6-4-8)11-10(17(18)19)7-14-12(13)15-11/h3-7H,1-2H3. The molecule has 0 spiro atoms. The summed E-state index contributed by atoms with van der Waals surface area (Å²) in [5, 5.41) is 11.0. The highest BCUT2D eigenvalue weighted by atomic mass is 35.5. The van der Waals surface area contributed by atoms with Gasteiger partial charge in [-0.2, -0.15) is 4.98 Å². The molecular formula is C12H11ClN4O3. The van der Waals surface area contributed by atoms with Gasteiger partial charge in [0.05, 0.1) is 12.0 Å². The van der Waals surface area contributed by atoms with E-state index in [1.807, 2.05) is 0 Å².